The zero-order chi connectivity index (χ0) is 30.2. The van der Waals surface area contributed by atoms with Gasteiger partial charge in [-0.05, 0) is 68.0 Å². The van der Waals surface area contributed by atoms with E-state index in [1.807, 2.05) is 38.1 Å². The SMILES string of the molecule is CCCN(CCC)C(=O)C1([C@H](Cc2cc(F)cc(F)c2)[C@@H](O)CNCc2cccc(Br)c2)C=C(C)C=C(C(N)=O)C1. The Balaban J connectivity index is 2.09. The first-order valence-corrected chi connectivity index (χ1v) is 14.9. The van der Waals surface area contributed by atoms with Gasteiger partial charge >= 0.3 is 0 Å². The van der Waals surface area contributed by atoms with Gasteiger partial charge in [0.2, 0.25) is 11.8 Å². The minimum Gasteiger partial charge on any atom is -0.391 e. The number of allylic oxidation sites excluding steroid dienone is 2. The van der Waals surface area contributed by atoms with Crippen molar-refractivity contribution >= 4 is 27.7 Å². The van der Waals surface area contributed by atoms with Crippen LogP contribution in [0, 0.1) is 23.0 Å². The standard InChI is InChI=1S/C32H40BrF2N3O3/c1-4-9-38(10-5-2)31(41)32(17-21(3)11-24(18-32)30(36)40)28(15-23-13-26(34)16-27(35)14-23)29(39)20-37-19-22-7-6-8-25(33)12-22/h6-8,11-14,16-17,28-29,37,39H,4-5,9-10,15,18-20H2,1-3H3,(H2,36,40)/t28-,29+,32?/m1/s1. The highest BCUT2D eigenvalue weighted by atomic mass is 79.9. The van der Waals surface area contributed by atoms with Gasteiger partial charge in [-0.2, -0.15) is 0 Å². The molecule has 0 saturated carbocycles. The predicted molar refractivity (Wildman–Crippen MR) is 161 cm³/mol. The molecule has 2 amide bonds. The van der Waals surface area contributed by atoms with Crippen molar-refractivity contribution in [1.29, 1.82) is 0 Å². The molecule has 3 atom stereocenters. The van der Waals surface area contributed by atoms with Crippen molar-refractivity contribution in [2.75, 3.05) is 19.6 Å². The Hall–Kier alpha value is -2.88. The largest absolute Gasteiger partial charge is 0.391 e. The van der Waals surface area contributed by atoms with Gasteiger partial charge in [-0.25, -0.2) is 8.78 Å². The molecular formula is C32H40BrF2N3O3. The van der Waals surface area contributed by atoms with E-state index in [-0.39, 0.29) is 30.9 Å². The molecular weight excluding hydrogens is 592 g/mol. The van der Waals surface area contributed by atoms with E-state index in [0.717, 1.165) is 28.9 Å². The van der Waals surface area contributed by atoms with Crippen molar-refractivity contribution in [2.45, 2.75) is 59.1 Å². The Kier molecular flexibility index (Phi) is 11.8. The molecule has 1 aliphatic rings. The maximum Gasteiger partial charge on any atom is 0.244 e. The summed E-state index contributed by atoms with van der Waals surface area (Å²) >= 11 is 3.46. The highest BCUT2D eigenvalue weighted by molar-refractivity contribution is 9.10. The van der Waals surface area contributed by atoms with Gasteiger partial charge in [-0.3, -0.25) is 9.59 Å². The normalized spacial score (nSPS) is 18.3. The molecule has 6 nitrogen and oxygen atoms in total. The molecule has 0 radical (unpaired) electrons. The number of nitrogens with one attached hydrogen (secondary N) is 1. The van der Waals surface area contributed by atoms with Gasteiger partial charge in [0.15, 0.2) is 0 Å². The number of primary amides is 1. The van der Waals surface area contributed by atoms with Gasteiger partial charge in [0.25, 0.3) is 0 Å². The van der Waals surface area contributed by atoms with Gasteiger partial charge in [0, 0.05) is 48.2 Å². The number of hydrogen-bond acceptors (Lipinski definition) is 4. The minimum absolute atomic E-state index is 0.00205. The van der Waals surface area contributed by atoms with Gasteiger partial charge in [-0.15, -0.1) is 0 Å². The molecule has 2 aromatic carbocycles. The van der Waals surface area contributed by atoms with Crippen LogP contribution in [0.4, 0.5) is 8.78 Å². The number of carbonyl (C=O) groups is 2. The van der Waals surface area contributed by atoms with Gasteiger partial charge in [0.1, 0.15) is 11.6 Å². The second kappa shape index (κ2) is 14.8. The summed E-state index contributed by atoms with van der Waals surface area (Å²) in [5, 5.41) is 15.0. The third kappa shape index (κ3) is 8.56. The molecule has 0 bridgehead atoms. The van der Waals surface area contributed by atoms with E-state index in [9.17, 15) is 23.5 Å². The van der Waals surface area contributed by atoms with E-state index in [2.05, 4.69) is 21.2 Å². The number of hydrogen-bond donors (Lipinski definition) is 3. The Morgan fingerprint density at radius 3 is 2.34 bits per heavy atom. The molecule has 0 heterocycles. The van der Waals surface area contributed by atoms with Crippen LogP contribution in [0.1, 0.15) is 51.2 Å². The van der Waals surface area contributed by atoms with Crippen molar-refractivity contribution in [3.05, 3.63) is 93.0 Å². The number of amides is 2. The van der Waals surface area contributed by atoms with E-state index >= 15 is 0 Å². The van der Waals surface area contributed by atoms with Crippen LogP contribution in [0.25, 0.3) is 0 Å². The van der Waals surface area contributed by atoms with Gasteiger partial charge in [0.05, 0.1) is 11.5 Å². The van der Waals surface area contributed by atoms with Crippen LogP contribution in [0.5, 0.6) is 0 Å². The Bertz CT molecular complexity index is 1270. The maximum atomic E-state index is 14.5. The van der Waals surface area contributed by atoms with Crippen LogP contribution >= 0.6 is 15.9 Å². The van der Waals surface area contributed by atoms with E-state index in [1.165, 1.54) is 12.1 Å². The van der Waals surface area contributed by atoms with Crippen LogP contribution in [-0.4, -0.2) is 47.6 Å². The zero-order valence-electron chi connectivity index (χ0n) is 23.9. The van der Waals surface area contributed by atoms with Crippen LogP contribution in [0.3, 0.4) is 0 Å². The number of nitrogens with zero attached hydrogens (tertiary/aromatic N) is 1. The maximum absolute atomic E-state index is 14.5. The lowest BCUT2D eigenvalue weighted by Gasteiger charge is -2.45. The van der Waals surface area contributed by atoms with Crippen LogP contribution < -0.4 is 11.1 Å². The molecule has 0 aliphatic heterocycles. The monoisotopic (exact) mass is 631 g/mol. The molecule has 0 aromatic heterocycles. The second-order valence-electron chi connectivity index (χ2n) is 10.8. The molecule has 222 valence electrons. The summed E-state index contributed by atoms with van der Waals surface area (Å²) in [5.74, 6) is -3.20. The number of aliphatic hydroxyl groups excluding tert-OH is 1. The molecule has 41 heavy (non-hydrogen) atoms. The number of nitrogens with two attached hydrogens (primary N) is 1. The fraction of sp³-hybridized carbons (Fsp3) is 0.438. The third-order valence-electron chi connectivity index (χ3n) is 7.43. The van der Waals surface area contributed by atoms with Gasteiger partial charge < -0.3 is 21.1 Å². The molecule has 0 fully saturated rings. The van der Waals surface area contributed by atoms with E-state index in [4.69, 9.17) is 5.73 Å². The van der Waals surface area contributed by atoms with E-state index in [1.54, 1.807) is 24.0 Å². The molecule has 1 unspecified atom stereocenters. The highest BCUT2D eigenvalue weighted by Gasteiger charge is 2.50. The van der Waals surface area contributed by atoms with Crippen molar-refractivity contribution < 1.29 is 23.5 Å². The smallest absolute Gasteiger partial charge is 0.244 e. The summed E-state index contributed by atoms with van der Waals surface area (Å²) in [4.78, 5) is 28.7. The van der Waals surface area contributed by atoms with Crippen LogP contribution in [0.15, 0.2) is 70.2 Å². The van der Waals surface area contributed by atoms with E-state index in [0.29, 0.717) is 30.8 Å². The molecule has 4 N–H and O–H groups in total. The number of carbonyl (C=O) groups excluding carboxylic acids is 2. The summed E-state index contributed by atoms with van der Waals surface area (Å²) in [6, 6.07) is 11.0. The summed E-state index contributed by atoms with van der Waals surface area (Å²) in [6.07, 6.45) is 3.78. The number of aliphatic hydroxyl groups is 1. The minimum atomic E-state index is -1.37. The van der Waals surface area contributed by atoms with Gasteiger partial charge in [-0.1, -0.05) is 59.6 Å². The first kappa shape index (κ1) is 32.6. The van der Waals surface area contributed by atoms with Crippen molar-refractivity contribution in [2.24, 2.45) is 17.1 Å². The lowest BCUT2D eigenvalue weighted by atomic mass is 9.63. The summed E-state index contributed by atoms with van der Waals surface area (Å²) in [6.45, 7) is 7.29. The summed E-state index contributed by atoms with van der Waals surface area (Å²) in [7, 11) is 0. The highest BCUT2D eigenvalue weighted by Crippen LogP contribution is 2.45. The molecule has 3 rings (SSSR count). The average molecular weight is 633 g/mol. The Labute approximate surface area is 249 Å². The molecule has 9 heteroatoms. The molecule has 0 saturated heterocycles. The van der Waals surface area contributed by atoms with Crippen LogP contribution in [-0.2, 0) is 22.6 Å². The molecule has 1 aliphatic carbocycles. The first-order valence-electron chi connectivity index (χ1n) is 14.1. The quantitative estimate of drug-likeness (QED) is 0.259. The third-order valence-corrected chi connectivity index (χ3v) is 7.93. The summed E-state index contributed by atoms with van der Waals surface area (Å²) < 4.78 is 29.5. The number of halogens is 3. The van der Waals surface area contributed by atoms with E-state index < -0.39 is 35.0 Å². The van der Waals surface area contributed by atoms with Crippen molar-refractivity contribution in [3.63, 3.8) is 0 Å². The lowest BCUT2D eigenvalue weighted by Crippen LogP contribution is -2.54. The average Bonchev–Trinajstić information content (AvgIpc) is 2.90. The fourth-order valence-corrected chi connectivity index (χ4v) is 6.23. The number of rotatable bonds is 14. The zero-order valence-corrected chi connectivity index (χ0v) is 25.5. The lowest BCUT2D eigenvalue weighted by molar-refractivity contribution is -0.145. The first-order chi connectivity index (χ1) is 19.5. The van der Waals surface area contributed by atoms with Crippen molar-refractivity contribution in [3.8, 4) is 0 Å². The molecule has 2 aromatic rings. The second-order valence-corrected chi connectivity index (χ2v) is 11.8. The predicted octanol–water partition coefficient (Wildman–Crippen LogP) is 5.43. The topological polar surface area (TPSA) is 95.7 Å². The fourth-order valence-electron chi connectivity index (χ4n) is 5.78. The number of benzene rings is 2. The Morgan fingerprint density at radius 2 is 1.76 bits per heavy atom. The molecule has 0 spiro atoms. The Morgan fingerprint density at radius 1 is 1.10 bits per heavy atom. The van der Waals surface area contributed by atoms with Crippen LogP contribution in [0.2, 0.25) is 0 Å². The van der Waals surface area contributed by atoms with Crippen molar-refractivity contribution in [1.82, 2.24) is 10.2 Å². The summed E-state index contributed by atoms with van der Waals surface area (Å²) in [5.41, 5.74) is 6.60.